The van der Waals surface area contributed by atoms with Crippen LogP contribution in [-0.2, 0) is 0 Å². The summed E-state index contributed by atoms with van der Waals surface area (Å²) in [7, 11) is 0. The van der Waals surface area contributed by atoms with E-state index in [4.69, 9.17) is 11.5 Å². The zero-order valence-electron chi connectivity index (χ0n) is 5.02. The SMILES string of the molecule is NC(=O)c1cc(F)[nH]c1N. The van der Waals surface area contributed by atoms with Gasteiger partial charge in [0.1, 0.15) is 5.82 Å². The van der Waals surface area contributed by atoms with Crippen LogP contribution in [0.1, 0.15) is 10.4 Å². The molecule has 54 valence electrons. The van der Waals surface area contributed by atoms with Crippen molar-refractivity contribution in [3.8, 4) is 0 Å². The normalized spacial score (nSPS) is 9.70. The van der Waals surface area contributed by atoms with Gasteiger partial charge in [-0.15, -0.1) is 0 Å². The van der Waals surface area contributed by atoms with Gasteiger partial charge in [-0.2, -0.15) is 4.39 Å². The number of anilines is 1. The van der Waals surface area contributed by atoms with Crippen LogP contribution in [-0.4, -0.2) is 10.9 Å². The number of carbonyl (C=O) groups is 1. The summed E-state index contributed by atoms with van der Waals surface area (Å²) in [6, 6.07) is 0.956. The Bertz CT molecular complexity index is 268. The van der Waals surface area contributed by atoms with Gasteiger partial charge in [0, 0.05) is 6.07 Å². The molecule has 0 bridgehead atoms. The van der Waals surface area contributed by atoms with E-state index in [9.17, 15) is 9.18 Å². The fourth-order valence-corrected chi connectivity index (χ4v) is 0.640. The highest BCUT2D eigenvalue weighted by Crippen LogP contribution is 2.09. The summed E-state index contributed by atoms with van der Waals surface area (Å²) in [5.41, 5.74) is 9.95. The highest BCUT2D eigenvalue weighted by Gasteiger charge is 2.08. The second-order valence-electron chi connectivity index (χ2n) is 1.81. The number of carbonyl (C=O) groups excluding carboxylic acids is 1. The lowest BCUT2D eigenvalue weighted by atomic mass is 10.3. The molecule has 0 aliphatic carbocycles. The van der Waals surface area contributed by atoms with Gasteiger partial charge in [0.15, 0.2) is 5.95 Å². The maximum absolute atomic E-state index is 12.2. The molecule has 1 heterocycles. The lowest BCUT2D eigenvalue weighted by Crippen LogP contribution is -2.11. The van der Waals surface area contributed by atoms with Crippen LogP contribution in [0, 0.1) is 5.95 Å². The van der Waals surface area contributed by atoms with Gasteiger partial charge >= 0.3 is 0 Å². The number of rotatable bonds is 1. The Balaban J connectivity index is 3.15. The molecule has 1 aromatic heterocycles. The number of amides is 1. The molecule has 0 saturated heterocycles. The molecule has 0 atom stereocenters. The first-order chi connectivity index (χ1) is 4.61. The molecule has 0 aromatic carbocycles. The topological polar surface area (TPSA) is 84.9 Å². The molecule has 0 fully saturated rings. The molecule has 0 radical (unpaired) electrons. The van der Waals surface area contributed by atoms with Crippen molar-refractivity contribution >= 4 is 11.7 Å². The van der Waals surface area contributed by atoms with Crippen LogP contribution in [0.2, 0.25) is 0 Å². The molecule has 0 spiro atoms. The third kappa shape index (κ3) is 0.928. The Labute approximate surface area is 56.0 Å². The number of nitrogens with two attached hydrogens (primary N) is 2. The number of aromatic amines is 1. The average molecular weight is 143 g/mol. The molecule has 4 nitrogen and oxygen atoms in total. The van der Waals surface area contributed by atoms with E-state index >= 15 is 0 Å². The van der Waals surface area contributed by atoms with Crippen molar-refractivity contribution in [3.63, 3.8) is 0 Å². The van der Waals surface area contributed by atoms with Crippen molar-refractivity contribution in [1.29, 1.82) is 0 Å². The minimum atomic E-state index is -0.738. The number of aromatic nitrogens is 1. The third-order valence-electron chi connectivity index (χ3n) is 1.08. The van der Waals surface area contributed by atoms with Crippen molar-refractivity contribution in [2.45, 2.75) is 0 Å². The number of halogens is 1. The molecule has 1 amide bonds. The Hall–Kier alpha value is -1.52. The van der Waals surface area contributed by atoms with Gasteiger partial charge in [0.25, 0.3) is 5.91 Å². The highest BCUT2D eigenvalue weighted by molar-refractivity contribution is 5.97. The summed E-state index contributed by atoms with van der Waals surface area (Å²) in [5.74, 6) is -1.44. The van der Waals surface area contributed by atoms with Crippen LogP contribution in [0.25, 0.3) is 0 Å². The standard InChI is InChI=1S/C5H6FN3O/c6-3-1-2(5(8)10)4(7)9-3/h1,9H,7H2,(H2,8,10). The predicted molar refractivity (Wildman–Crippen MR) is 33.7 cm³/mol. The lowest BCUT2D eigenvalue weighted by molar-refractivity contribution is 0.100. The van der Waals surface area contributed by atoms with Crippen molar-refractivity contribution in [3.05, 3.63) is 17.6 Å². The number of nitrogens with one attached hydrogen (secondary N) is 1. The van der Waals surface area contributed by atoms with E-state index in [0.717, 1.165) is 6.07 Å². The van der Waals surface area contributed by atoms with Gasteiger partial charge in [-0.05, 0) is 0 Å². The van der Waals surface area contributed by atoms with E-state index in [-0.39, 0.29) is 11.4 Å². The summed E-state index contributed by atoms with van der Waals surface area (Å²) in [6.07, 6.45) is 0. The Morgan fingerprint density at radius 2 is 2.30 bits per heavy atom. The molecule has 1 aromatic rings. The van der Waals surface area contributed by atoms with Gasteiger partial charge in [-0.25, -0.2) is 0 Å². The zero-order valence-corrected chi connectivity index (χ0v) is 5.02. The predicted octanol–water partition coefficient (Wildman–Crippen LogP) is -0.165. The first-order valence-corrected chi connectivity index (χ1v) is 2.55. The van der Waals surface area contributed by atoms with E-state index in [1.165, 1.54) is 0 Å². The molecular weight excluding hydrogens is 137 g/mol. The largest absolute Gasteiger partial charge is 0.385 e. The smallest absolute Gasteiger partial charge is 0.252 e. The minimum Gasteiger partial charge on any atom is -0.385 e. The maximum atomic E-state index is 12.2. The van der Waals surface area contributed by atoms with Gasteiger partial charge < -0.3 is 16.5 Å². The summed E-state index contributed by atoms with van der Waals surface area (Å²) in [6.45, 7) is 0. The molecule has 10 heavy (non-hydrogen) atoms. The van der Waals surface area contributed by atoms with E-state index in [0.29, 0.717) is 0 Å². The first-order valence-electron chi connectivity index (χ1n) is 2.55. The van der Waals surface area contributed by atoms with Gasteiger partial charge in [-0.3, -0.25) is 4.79 Å². The quantitative estimate of drug-likeness (QED) is 0.510. The summed E-state index contributed by atoms with van der Waals surface area (Å²) >= 11 is 0. The molecule has 0 saturated carbocycles. The van der Waals surface area contributed by atoms with Crippen LogP contribution in [0.15, 0.2) is 6.07 Å². The Kier molecular flexibility index (Phi) is 1.33. The highest BCUT2D eigenvalue weighted by atomic mass is 19.1. The number of primary amides is 1. The van der Waals surface area contributed by atoms with Crippen LogP contribution < -0.4 is 11.5 Å². The van der Waals surface area contributed by atoms with Crippen LogP contribution >= 0.6 is 0 Å². The number of H-pyrrole nitrogens is 1. The number of hydrogen-bond donors (Lipinski definition) is 3. The van der Waals surface area contributed by atoms with E-state index in [1.54, 1.807) is 0 Å². The molecule has 1 rings (SSSR count). The second-order valence-corrected chi connectivity index (χ2v) is 1.81. The molecular formula is C5H6FN3O. The van der Waals surface area contributed by atoms with E-state index < -0.39 is 11.9 Å². The van der Waals surface area contributed by atoms with Gasteiger partial charge in [0.05, 0.1) is 5.56 Å². The van der Waals surface area contributed by atoms with Crippen LogP contribution in [0.3, 0.4) is 0 Å². The third-order valence-corrected chi connectivity index (χ3v) is 1.08. The van der Waals surface area contributed by atoms with Crippen molar-refractivity contribution in [2.75, 3.05) is 5.73 Å². The number of hydrogen-bond acceptors (Lipinski definition) is 2. The Morgan fingerprint density at radius 3 is 2.50 bits per heavy atom. The second kappa shape index (κ2) is 2.02. The molecule has 5 N–H and O–H groups in total. The van der Waals surface area contributed by atoms with Crippen molar-refractivity contribution < 1.29 is 9.18 Å². The van der Waals surface area contributed by atoms with Gasteiger partial charge in [-0.1, -0.05) is 0 Å². The molecule has 0 unspecified atom stereocenters. The first kappa shape index (κ1) is 6.60. The van der Waals surface area contributed by atoms with E-state index in [2.05, 4.69) is 4.98 Å². The summed E-state index contributed by atoms with van der Waals surface area (Å²) in [5, 5.41) is 0. The summed E-state index contributed by atoms with van der Waals surface area (Å²) in [4.78, 5) is 12.5. The molecule has 0 aliphatic heterocycles. The fourth-order valence-electron chi connectivity index (χ4n) is 0.640. The fraction of sp³-hybridized carbons (Fsp3) is 0. The summed E-state index contributed by atoms with van der Waals surface area (Å²) < 4.78 is 12.2. The average Bonchev–Trinajstić information content (AvgIpc) is 2.10. The zero-order chi connectivity index (χ0) is 7.72. The Morgan fingerprint density at radius 1 is 1.70 bits per heavy atom. The monoisotopic (exact) mass is 143 g/mol. The van der Waals surface area contributed by atoms with Crippen LogP contribution in [0.5, 0.6) is 0 Å². The lowest BCUT2D eigenvalue weighted by Gasteiger charge is -1.88. The molecule has 5 heteroatoms. The van der Waals surface area contributed by atoms with Crippen molar-refractivity contribution in [2.24, 2.45) is 5.73 Å². The maximum Gasteiger partial charge on any atom is 0.252 e. The van der Waals surface area contributed by atoms with E-state index in [1.807, 2.05) is 0 Å². The minimum absolute atomic E-state index is 0.0162. The number of nitrogen functional groups attached to an aromatic ring is 1. The van der Waals surface area contributed by atoms with Gasteiger partial charge in [0.2, 0.25) is 0 Å². The van der Waals surface area contributed by atoms with Crippen molar-refractivity contribution in [1.82, 2.24) is 4.98 Å². The van der Waals surface area contributed by atoms with Crippen LogP contribution in [0.4, 0.5) is 10.2 Å². The molecule has 0 aliphatic rings.